The van der Waals surface area contributed by atoms with Crippen LogP contribution in [-0.4, -0.2) is 38.7 Å². The summed E-state index contributed by atoms with van der Waals surface area (Å²) in [5, 5.41) is 0. The van der Waals surface area contributed by atoms with Crippen LogP contribution >= 0.6 is 0 Å². The highest BCUT2D eigenvalue weighted by molar-refractivity contribution is 5.31. The van der Waals surface area contributed by atoms with Crippen LogP contribution in [0.2, 0.25) is 0 Å². The van der Waals surface area contributed by atoms with Gasteiger partial charge in [-0.1, -0.05) is 84.9 Å². The molecule has 0 saturated carbocycles. The number of ether oxygens (including phenoxy) is 6. The molecule has 3 aromatic rings. The number of rotatable bonds is 22. The third kappa shape index (κ3) is 16.5. The van der Waals surface area contributed by atoms with Crippen molar-refractivity contribution in [2.24, 2.45) is 0 Å². The van der Waals surface area contributed by atoms with Gasteiger partial charge in [0.25, 0.3) is 0 Å². The van der Waals surface area contributed by atoms with E-state index in [9.17, 15) is 0 Å². The molecular formula is C43H66O6. The van der Waals surface area contributed by atoms with Gasteiger partial charge in [0.1, 0.15) is 17.2 Å². The first-order valence-electron chi connectivity index (χ1n) is 18.8. The lowest BCUT2D eigenvalue weighted by atomic mass is 9.99. The monoisotopic (exact) mass is 678 g/mol. The van der Waals surface area contributed by atoms with E-state index in [-0.39, 0.29) is 18.9 Å². The van der Waals surface area contributed by atoms with E-state index in [0.717, 1.165) is 55.8 Å². The molecule has 0 N–H and O–H groups in total. The van der Waals surface area contributed by atoms with Crippen molar-refractivity contribution in [3.05, 3.63) is 89.5 Å². The first-order valence-corrected chi connectivity index (χ1v) is 18.8. The maximum atomic E-state index is 5.85. The summed E-state index contributed by atoms with van der Waals surface area (Å²) >= 11 is 0. The quantitative estimate of drug-likeness (QED) is 0.0779. The van der Waals surface area contributed by atoms with E-state index in [1.165, 1.54) is 16.7 Å². The third-order valence-corrected chi connectivity index (χ3v) is 8.99. The summed E-state index contributed by atoms with van der Waals surface area (Å²) in [6, 6.07) is 25.0. The highest BCUT2D eigenvalue weighted by Crippen LogP contribution is 2.24. The Hall–Kier alpha value is -3.06. The van der Waals surface area contributed by atoms with Crippen molar-refractivity contribution in [1.29, 1.82) is 0 Å². The van der Waals surface area contributed by atoms with Gasteiger partial charge >= 0.3 is 0 Å². The smallest absolute Gasteiger partial charge is 0.199 e. The van der Waals surface area contributed by atoms with E-state index in [0.29, 0.717) is 37.6 Å². The zero-order chi connectivity index (χ0) is 36.0. The van der Waals surface area contributed by atoms with Crippen molar-refractivity contribution in [3.8, 4) is 17.2 Å². The fourth-order valence-corrected chi connectivity index (χ4v) is 5.06. The summed E-state index contributed by atoms with van der Waals surface area (Å²) in [7, 11) is 0. The van der Waals surface area contributed by atoms with Gasteiger partial charge in [0.15, 0.2) is 18.9 Å². The molecule has 0 aromatic heterocycles. The van der Waals surface area contributed by atoms with E-state index in [4.69, 9.17) is 28.4 Å². The van der Waals surface area contributed by atoms with Crippen molar-refractivity contribution in [1.82, 2.24) is 0 Å². The Morgan fingerprint density at radius 3 is 1.02 bits per heavy atom. The Morgan fingerprint density at radius 1 is 0.408 bits per heavy atom. The topological polar surface area (TPSA) is 55.4 Å². The largest absolute Gasteiger partial charge is 0.465 e. The number of hydrogen-bond acceptors (Lipinski definition) is 6. The fourth-order valence-electron chi connectivity index (χ4n) is 5.06. The predicted molar refractivity (Wildman–Crippen MR) is 203 cm³/mol. The second-order valence-electron chi connectivity index (χ2n) is 12.9. The molecule has 6 atom stereocenters. The molecule has 0 heterocycles. The molecule has 6 unspecified atom stereocenters. The van der Waals surface area contributed by atoms with Crippen LogP contribution in [0.3, 0.4) is 0 Å². The van der Waals surface area contributed by atoms with Crippen LogP contribution in [0.5, 0.6) is 17.2 Å². The standard InChI is InChI=1S/C28H42O4.C15H24O2/c1-7-21(3)25-11-15-27(16-12-25)31-23(5)29-19-9-10-20-30-24(6)32-28-17-13-26(14-18-28)22(4)8-2;1-5-12(4)13-8-10-14(11-9-13)17-15(6-2)16-7-3/h11-18,21-24H,7-10,19-20H2,1-6H3;8-12,15H,5-7H2,1-4H3. The van der Waals surface area contributed by atoms with Crippen molar-refractivity contribution in [2.45, 2.75) is 144 Å². The Bertz CT molecular complexity index is 1160. The van der Waals surface area contributed by atoms with Crippen LogP contribution < -0.4 is 14.2 Å². The highest BCUT2D eigenvalue weighted by atomic mass is 16.7. The average Bonchev–Trinajstić information content (AvgIpc) is 3.13. The number of benzene rings is 3. The molecule has 0 bridgehead atoms. The highest BCUT2D eigenvalue weighted by Gasteiger charge is 2.10. The van der Waals surface area contributed by atoms with Gasteiger partial charge in [-0.3, -0.25) is 0 Å². The van der Waals surface area contributed by atoms with Crippen molar-refractivity contribution < 1.29 is 28.4 Å². The molecule has 274 valence electrons. The molecule has 0 fully saturated rings. The maximum Gasteiger partial charge on any atom is 0.199 e. The lowest BCUT2D eigenvalue weighted by molar-refractivity contribution is -0.0804. The first-order chi connectivity index (χ1) is 23.6. The molecule has 6 heteroatoms. The van der Waals surface area contributed by atoms with E-state index in [2.05, 4.69) is 84.9 Å². The molecule has 0 aliphatic heterocycles. The molecule has 3 aromatic carbocycles. The fraction of sp³-hybridized carbons (Fsp3) is 0.581. The molecule has 0 aliphatic rings. The summed E-state index contributed by atoms with van der Waals surface area (Å²) in [5.74, 6) is 4.33. The zero-order valence-electron chi connectivity index (χ0n) is 32.2. The second-order valence-corrected chi connectivity index (χ2v) is 12.9. The molecule has 0 radical (unpaired) electrons. The van der Waals surface area contributed by atoms with Gasteiger partial charge in [-0.25, -0.2) is 0 Å². The summed E-state index contributed by atoms with van der Waals surface area (Å²) < 4.78 is 34.5. The SMILES string of the molecule is CCC(C)c1ccc(OC(C)OCCCCOC(C)Oc2ccc(C(C)CC)cc2)cc1.CCOC(CC)Oc1ccc(C(C)CC)cc1. The van der Waals surface area contributed by atoms with Crippen LogP contribution in [0.1, 0.15) is 142 Å². The van der Waals surface area contributed by atoms with Gasteiger partial charge in [-0.15, -0.1) is 0 Å². The summed E-state index contributed by atoms with van der Waals surface area (Å²) in [4.78, 5) is 0. The van der Waals surface area contributed by atoms with E-state index in [1.54, 1.807) is 0 Å². The molecule has 3 rings (SSSR count). The van der Waals surface area contributed by atoms with Crippen LogP contribution in [-0.2, 0) is 14.2 Å². The van der Waals surface area contributed by atoms with Crippen molar-refractivity contribution in [2.75, 3.05) is 19.8 Å². The second kappa shape index (κ2) is 24.2. The van der Waals surface area contributed by atoms with Crippen LogP contribution in [0.15, 0.2) is 72.8 Å². The van der Waals surface area contributed by atoms with Crippen LogP contribution in [0.4, 0.5) is 0 Å². The predicted octanol–water partition coefficient (Wildman–Crippen LogP) is 12.0. The normalized spacial score (nSPS) is 14.8. The Morgan fingerprint density at radius 2 is 0.735 bits per heavy atom. The minimum absolute atomic E-state index is 0.130. The number of hydrogen-bond donors (Lipinski definition) is 0. The maximum absolute atomic E-state index is 5.85. The van der Waals surface area contributed by atoms with E-state index >= 15 is 0 Å². The lowest BCUT2D eigenvalue weighted by Crippen LogP contribution is -2.19. The molecule has 0 spiro atoms. The van der Waals surface area contributed by atoms with Crippen molar-refractivity contribution in [3.63, 3.8) is 0 Å². The summed E-state index contributed by atoms with van der Waals surface area (Å²) in [6.07, 6.45) is 5.46. The molecular weight excluding hydrogens is 612 g/mol. The first kappa shape index (κ1) is 42.1. The molecule has 0 saturated heterocycles. The minimum atomic E-state index is -0.272. The van der Waals surface area contributed by atoms with Crippen molar-refractivity contribution >= 4 is 0 Å². The lowest BCUT2D eigenvalue weighted by Gasteiger charge is -2.17. The van der Waals surface area contributed by atoms with Gasteiger partial charge in [0.2, 0.25) is 0 Å². The minimum Gasteiger partial charge on any atom is -0.465 e. The summed E-state index contributed by atoms with van der Waals surface area (Å²) in [6.45, 7) is 23.2. The summed E-state index contributed by atoms with van der Waals surface area (Å²) in [5.41, 5.74) is 4.05. The van der Waals surface area contributed by atoms with E-state index in [1.807, 2.05) is 57.2 Å². The Labute approximate surface area is 298 Å². The van der Waals surface area contributed by atoms with Crippen LogP contribution in [0, 0.1) is 0 Å². The van der Waals surface area contributed by atoms with Gasteiger partial charge in [-0.05, 0) is 124 Å². The zero-order valence-corrected chi connectivity index (χ0v) is 32.2. The van der Waals surface area contributed by atoms with Gasteiger partial charge < -0.3 is 28.4 Å². The average molecular weight is 679 g/mol. The Kier molecular flexibility index (Phi) is 20.8. The third-order valence-electron chi connectivity index (χ3n) is 8.99. The van der Waals surface area contributed by atoms with Gasteiger partial charge in [0.05, 0.1) is 13.2 Å². The molecule has 49 heavy (non-hydrogen) atoms. The van der Waals surface area contributed by atoms with E-state index < -0.39 is 0 Å². The number of unbranched alkanes of at least 4 members (excludes halogenated alkanes) is 1. The molecule has 6 nitrogen and oxygen atoms in total. The Balaban J connectivity index is 0.000000412. The van der Waals surface area contributed by atoms with Gasteiger partial charge in [-0.2, -0.15) is 0 Å². The van der Waals surface area contributed by atoms with Gasteiger partial charge in [0, 0.05) is 13.0 Å². The molecule has 0 aliphatic carbocycles. The van der Waals surface area contributed by atoms with Crippen LogP contribution in [0.25, 0.3) is 0 Å². The molecule has 0 amide bonds.